The Morgan fingerprint density at radius 2 is 1.46 bits per heavy atom. The Morgan fingerprint density at radius 1 is 1.08 bits per heavy atom. The van der Waals surface area contributed by atoms with Crippen molar-refractivity contribution in [2.45, 2.75) is 27.7 Å². The van der Waals surface area contributed by atoms with Gasteiger partial charge in [-0.2, -0.15) is 0 Å². The Morgan fingerprint density at radius 3 is 1.54 bits per heavy atom. The van der Waals surface area contributed by atoms with Crippen LogP contribution in [0.2, 0.25) is 0 Å². The smallest absolute Gasteiger partial charge is 0.115 e. The highest BCUT2D eigenvalue weighted by molar-refractivity contribution is 5.34. The molecule has 0 aliphatic carbocycles. The molecular weight excluding hydrogens is 160 g/mol. The van der Waals surface area contributed by atoms with Gasteiger partial charge in [0.15, 0.2) is 0 Å². The molecule has 0 saturated carbocycles. The Labute approximate surface area is 82.8 Å². The van der Waals surface area contributed by atoms with Crippen molar-refractivity contribution in [1.82, 2.24) is 0 Å². The maximum atomic E-state index is 8.76. The van der Waals surface area contributed by atoms with Crippen molar-refractivity contribution in [2.24, 2.45) is 0 Å². The van der Waals surface area contributed by atoms with E-state index in [0.29, 0.717) is 5.57 Å². The maximum absolute atomic E-state index is 8.76. The molecule has 0 spiro atoms. The van der Waals surface area contributed by atoms with Crippen LogP contribution < -0.4 is 0 Å². The van der Waals surface area contributed by atoms with E-state index in [9.17, 15) is 0 Å². The molecule has 0 rings (SSSR count). The molecule has 0 amide bonds. The molecule has 0 fully saturated rings. The molecule has 0 aliphatic rings. The SMILES string of the molecule is C=C/C=C(\C=C)C(=C)O.CC.CC. The lowest BCUT2D eigenvalue weighted by Gasteiger charge is -1.93. The summed E-state index contributed by atoms with van der Waals surface area (Å²) in [4.78, 5) is 0. The van der Waals surface area contributed by atoms with Crippen LogP contribution in [0.1, 0.15) is 27.7 Å². The number of rotatable bonds is 3. The average Bonchev–Trinajstić information content (AvgIpc) is 2.20. The first-order valence-corrected chi connectivity index (χ1v) is 4.55. The van der Waals surface area contributed by atoms with Crippen LogP contribution in [-0.4, -0.2) is 5.11 Å². The molecule has 76 valence electrons. The van der Waals surface area contributed by atoms with Crippen LogP contribution in [-0.2, 0) is 0 Å². The Balaban J connectivity index is -0.000000218. The monoisotopic (exact) mass is 182 g/mol. The largest absolute Gasteiger partial charge is 0.508 e. The van der Waals surface area contributed by atoms with Crippen LogP contribution in [0, 0.1) is 0 Å². The maximum Gasteiger partial charge on any atom is 0.115 e. The van der Waals surface area contributed by atoms with E-state index in [0.717, 1.165) is 0 Å². The van der Waals surface area contributed by atoms with Crippen molar-refractivity contribution in [3.63, 3.8) is 0 Å². The third kappa shape index (κ3) is 13.7. The molecule has 0 atom stereocenters. The zero-order valence-electron chi connectivity index (χ0n) is 9.30. The summed E-state index contributed by atoms with van der Waals surface area (Å²) in [6, 6.07) is 0. The zero-order chi connectivity index (χ0) is 11.3. The lowest BCUT2D eigenvalue weighted by molar-refractivity contribution is 0.429. The van der Waals surface area contributed by atoms with Crippen LogP contribution in [0.4, 0.5) is 0 Å². The average molecular weight is 182 g/mol. The molecule has 0 aliphatic heterocycles. The predicted molar refractivity (Wildman–Crippen MR) is 62.9 cm³/mol. The molecule has 13 heavy (non-hydrogen) atoms. The lowest BCUT2D eigenvalue weighted by atomic mass is 10.2. The predicted octanol–water partition coefficient (Wildman–Crippen LogP) is 4.41. The fraction of sp³-hybridized carbons (Fsp3) is 0.333. The minimum absolute atomic E-state index is 0.0184. The molecule has 1 heteroatoms. The summed E-state index contributed by atoms with van der Waals surface area (Å²) in [5, 5.41) is 8.76. The molecule has 0 saturated heterocycles. The third-order valence-corrected chi connectivity index (χ3v) is 0.851. The van der Waals surface area contributed by atoms with E-state index in [-0.39, 0.29) is 5.76 Å². The number of allylic oxidation sites excluding steroid dienone is 3. The molecule has 0 aromatic rings. The number of hydrogen-bond donors (Lipinski definition) is 1. The van der Waals surface area contributed by atoms with Gasteiger partial charge in [0.05, 0.1) is 0 Å². The molecule has 0 aromatic heterocycles. The van der Waals surface area contributed by atoms with Crippen LogP contribution >= 0.6 is 0 Å². The topological polar surface area (TPSA) is 20.2 Å². The second-order valence-corrected chi connectivity index (χ2v) is 1.51. The van der Waals surface area contributed by atoms with Crippen molar-refractivity contribution < 1.29 is 5.11 Å². The second kappa shape index (κ2) is 17.0. The van der Waals surface area contributed by atoms with Gasteiger partial charge in [-0.05, 0) is 0 Å². The molecule has 0 unspecified atom stereocenters. The molecular formula is C12H22O. The van der Waals surface area contributed by atoms with Crippen molar-refractivity contribution in [1.29, 1.82) is 0 Å². The summed E-state index contributed by atoms with van der Waals surface area (Å²) in [5.41, 5.74) is 0.602. The number of aliphatic hydroxyl groups excluding tert-OH is 1. The van der Waals surface area contributed by atoms with Crippen LogP contribution in [0.3, 0.4) is 0 Å². The molecule has 1 N–H and O–H groups in total. The van der Waals surface area contributed by atoms with E-state index in [1.54, 1.807) is 12.2 Å². The quantitative estimate of drug-likeness (QED) is 0.506. The highest BCUT2D eigenvalue weighted by Gasteiger charge is 1.89. The zero-order valence-corrected chi connectivity index (χ0v) is 9.30. The standard InChI is InChI=1S/C8H10O.2C2H6/c1-4-6-8(5-2)7(3)9;2*1-2/h4-6,9H,1-3H2;2*1-2H3/b8-6+;;. The number of hydrogen-bond acceptors (Lipinski definition) is 1. The molecule has 0 bridgehead atoms. The summed E-state index contributed by atoms with van der Waals surface area (Å²) in [5.74, 6) is 0.0184. The van der Waals surface area contributed by atoms with Gasteiger partial charge in [0.2, 0.25) is 0 Å². The van der Waals surface area contributed by atoms with Gasteiger partial charge in [-0.15, -0.1) is 0 Å². The van der Waals surface area contributed by atoms with Gasteiger partial charge in [-0.25, -0.2) is 0 Å². The van der Waals surface area contributed by atoms with Crippen molar-refractivity contribution >= 4 is 0 Å². The van der Waals surface area contributed by atoms with Gasteiger partial charge in [0, 0.05) is 5.57 Å². The van der Waals surface area contributed by atoms with Gasteiger partial charge in [-0.3, -0.25) is 0 Å². The minimum atomic E-state index is 0.0184. The van der Waals surface area contributed by atoms with E-state index < -0.39 is 0 Å². The second-order valence-electron chi connectivity index (χ2n) is 1.51. The van der Waals surface area contributed by atoms with Crippen molar-refractivity contribution in [2.75, 3.05) is 0 Å². The Bertz CT molecular complexity index is 164. The van der Waals surface area contributed by atoms with Crippen LogP contribution in [0.25, 0.3) is 0 Å². The van der Waals surface area contributed by atoms with Crippen LogP contribution in [0.15, 0.2) is 49.3 Å². The van der Waals surface area contributed by atoms with Gasteiger partial charge in [-0.1, -0.05) is 65.7 Å². The van der Waals surface area contributed by atoms with E-state index in [2.05, 4.69) is 19.7 Å². The Hall–Kier alpha value is -1.24. The fourth-order valence-electron chi connectivity index (χ4n) is 0.409. The summed E-state index contributed by atoms with van der Waals surface area (Å²) in [6.45, 7) is 18.2. The first-order valence-electron chi connectivity index (χ1n) is 4.55. The summed E-state index contributed by atoms with van der Waals surface area (Å²) < 4.78 is 0. The minimum Gasteiger partial charge on any atom is -0.508 e. The van der Waals surface area contributed by atoms with Gasteiger partial charge >= 0.3 is 0 Å². The van der Waals surface area contributed by atoms with Crippen molar-refractivity contribution in [3.05, 3.63) is 49.3 Å². The van der Waals surface area contributed by atoms with Gasteiger partial charge in [0.1, 0.15) is 5.76 Å². The first-order chi connectivity index (χ1) is 6.22. The van der Waals surface area contributed by atoms with E-state index in [1.807, 2.05) is 27.7 Å². The normalized spacial score (nSPS) is 8.15. The van der Waals surface area contributed by atoms with Gasteiger partial charge < -0.3 is 5.11 Å². The fourth-order valence-corrected chi connectivity index (χ4v) is 0.409. The Kier molecular flexibility index (Phi) is 23.2. The summed E-state index contributed by atoms with van der Waals surface area (Å²) in [6.07, 6.45) is 4.72. The molecule has 0 radical (unpaired) electrons. The molecule has 0 heterocycles. The highest BCUT2D eigenvalue weighted by atomic mass is 16.3. The molecule has 0 aromatic carbocycles. The van der Waals surface area contributed by atoms with Gasteiger partial charge in [0.25, 0.3) is 0 Å². The van der Waals surface area contributed by atoms with Crippen molar-refractivity contribution in [3.8, 4) is 0 Å². The number of aliphatic hydroxyl groups is 1. The van der Waals surface area contributed by atoms with E-state index in [1.165, 1.54) is 6.08 Å². The first kappa shape index (κ1) is 17.7. The van der Waals surface area contributed by atoms with E-state index in [4.69, 9.17) is 5.11 Å². The summed E-state index contributed by atoms with van der Waals surface area (Å²) in [7, 11) is 0. The highest BCUT2D eigenvalue weighted by Crippen LogP contribution is 2.03. The third-order valence-electron chi connectivity index (χ3n) is 0.851. The molecule has 1 nitrogen and oxygen atoms in total. The van der Waals surface area contributed by atoms with E-state index >= 15 is 0 Å². The lowest BCUT2D eigenvalue weighted by Crippen LogP contribution is -1.79. The summed E-state index contributed by atoms with van der Waals surface area (Å²) >= 11 is 0. The van der Waals surface area contributed by atoms with Crippen LogP contribution in [0.5, 0.6) is 0 Å².